The maximum absolute atomic E-state index is 13.8. The largest absolute Gasteiger partial charge is 0.481 e. The molecule has 1 aliphatic carbocycles. The third-order valence-corrected chi connectivity index (χ3v) is 9.87. The van der Waals surface area contributed by atoms with Crippen molar-refractivity contribution in [3.8, 4) is 28.3 Å². The Hall–Kier alpha value is -4.56. The molecule has 10 nitrogen and oxygen atoms in total. The molecule has 0 unspecified atom stereocenters. The van der Waals surface area contributed by atoms with Gasteiger partial charge in [0.1, 0.15) is 11.5 Å². The molecule has 260 valence electrons. The number of methoxy groups -OCH3 is 1. The molecule has 50 heavy (non-hydrogen) atoms. The molecule has 0 amide bonds. The first-order valence-corrected chi connectivity index (χ1v) is 16.5. The van der Waals surface area contributed by atoms with Gasteiger partial charge in [-0.05, 0) is 61.1 Å². The Labute approximate surface area is 290 Å². The Kier molecular flexibility index (Phi) is 9.01. The predicted octanol–water partition coefficient (Wildman–Crippen LogP) is 6.52. The maximum atomic E-state index is 13.8. The van der Waals surface area contributed by atoms with Gasteiger partial charge in [0.25, 0.3) is 5.56 Å². The molecule has 0 radical (unpaired) electrons. The standard InChI is InChI=1S/C36H34ClF3N6O4/c1-18-21(6-5-9-24(18)43-33-31-20(16-41-46(2)35(31)48)15-29(45-33)36(38,39)40)22-7-4-8-23(32(22)37)27-14-19-10-11-26(30(19)34(44-27)49-3)42-25-12-13-50-17-28(25)47/h4-9,14-16,25-26,28,42,47H,10-13,17H2,1-3H3,(H,43,45)/t25-,26-,28+/m0/s1. The zero-order valence-corrected chi connectivity index (χ0v) is 28.2. The Morgan fingerprint density at radius 1 is 1.08 bits per heavy atom. The van der Waals surface area contributed by atoms with Crippen LogP contribution in [0.15, 0.2) is 59.5 Å². The average molecular weight is 707 g/mol. The third kappa shape index (κ3) is 6.19. The third-order valence-electron chi connectivity index (χ3n) is 9.46. The van der Waals surface area contributed by atoms with Crippen molar-refractivity contribution in [2.45, 2.75) is 50.6 Å². The second kappa shape index (κ2) is 13.3. The molecule has 4 heterocycles. The van der Waals surface area contributed by atoms with E-state index in [4.69, 9.17) is 26.1 Å². The summed E-state index contributed by atoms with van der Waals surface area (Å²) in [5, 5.41) is 21.4. The van der Waals surface area contributed by atoms with Crippen LogP contribution in [-0.2, 0) is 24.4 Å². The number of alkyl halides is 3. The SMILES string of the molecule is COc1nc(-c2cccc(-c3cccc(Nc4nc(C(F)(F)F)cc5cnn(C)c(=O)c45)c3C)c2Cl)cc2c1[C@@H](N[C@H]1CCOC[C@H]1O)CC2. The molecule has 2 aliphatic rings. The van der Waals surface area contributed by atoms with Crippen LogP contribution < -0.4 is 20.9 Å². The zero-order chi connectivity index (χ0) is 35.3. The van der Waals surface area contributed by atoms with Crippen LogP contribution in [0.1, 0.15) is 41.3 Å². The van der Waals surface area contributed by atoms with Gasteiger partial charge in [0.05, 0.1) is 42.1 Å². The fraction of sp³-hybridized carbons (Fsp3) is 0.333. The number of hydrogen-bond donors (Lipinski definition) is 3. The van der Waals surface area contributed by atoms with Crippen LogP contribution in [0.3, 0.4) is 0 Å². The van der Waals surface area contributed by atoms with Gasteiger partial charge in [0.2, 0.25) is 5.88 Å². The Bertz CT molecular complexity index is 2180. The summed E-state index contributed by atoms with van der Waals surface area (Å²) in [5.74, 6) is 0.256. The maximum Gasteiger partial charge on any atom is 0.433 e. The van der Waals surface area contributed by atoms with Crippen molar-refractivity contribution >= 4 is 33.9 Å². The molecule has 7 rings (SSSR count). The molecule has 0 saturated carbocycles. The topological polar surface area (TPSA) is 123 Å². The van der Waals surface area contributed by atoms with Crippen molar-refractivity contribution in [2.24, 2.45) is 7.05 Å². The lowest BCUT2D eigenvalue weighted by Crippen LogP contribution is -2.47. The number of benzene rings is 2. The summed E-state index contributed by atoms with van der Waals surface area (Å²) in [5.41, 5.74) is 4.16. The molecular formula is C36H34ClF3N6O4. The monoisotopic (exact) mass is 706 g/mol. The van der Waals surface area contributed by atoms with E-state index in [0.717, 1.165) is 40.3 Å². The van der Waals surface area contributed by atoms with Gasteiger partial charge in [-0.2, -0.15) is 18.3 Å². The van der Waals surface area contributed by atoms with E-state index in [2.05, 4.69) is 20.7 Å². The normalized spacial score (nSPS) is 19.1. The van der Waals surface area contributed by atoms with E-state index >= 15 is 0 Å². The summed E-state index contributed by atoms with van der Waals surface area (Å²) >= 11 is 7.13. The quantitative estimate of drug-likeness (QED) is 0.174. The molecular weight excluding hydrogens is 673 g/mol. The first-order chi connectivity index (χ1) is 23.9. The minimum atomic E-state index is -4.74. The molecule has 1 saturated heterocycles. The van der Waals surface area contributed by atoms with Crippen molar-refractivity contribution in [3.05, 3.63) is 92.5 Å². The molecule has 3 atom stereocenters. The second-order valence-corrected chi connectivity index (χ2v) is 12.9. The lowest BCUT2D eigenvalue weighted by Gasteiger charge is -2.31. The van der Waals surface area contributed by atoms with Crippen LogP contribution in [0.25, 0.3) is 33.2 Å². The van der Waals surface area contributed by atoms with E-state index in [1.54, 1.807) is 19.2 Å². The zero-order valence-electron chi connectivity index (χ0n) is 27.4. The number of ether oxygens (including phenoxy) is 2. The van der Waals surface area contributed by atoms with E-state index in [0.29, 0.717) is 58.6 Å². The highest BCUT2D eigenvalue weighted by Crippen LogP contribution is 2.44. The summed E-state index contributed by atoms with van der Waals surface area (Å²) in [7, 11) is 3.00. The number of fused-ring (bicyclic) bond motifs is 2. The highest BCUT2D eigenvalue weighted by atomic mass is 35.5. The van der Waals surface area contributed by atoms with Gasteiger partial charge >= 0.3 is 6.18 Å². The summed E-state index contributed by atoms with van der Waals surface area (Å²) in [4.78, 5) is 21.7. The number of pyridine rings is 2. The number of halogens is 4. The molecule has 1 fully saturated rings. The van der Waals surface area contributed by atoms with Crippen molar-refractivity contribution in [1.82, 2.24) is 25.1 Å². The molecule has 5 aromatic rings. The Morgan fingerprint density at radius 3 is 2.60 bits per heavy atom. The van der Waals surface area contributed by atoms with E-state index in [1.807, 2.05) is 37.3 Å². The number of nitrogens with one attached hydrogen (secondary N) is 2. The van der Waals surface area contributed by atoms with Crippen LogP contribution >= 0.6 is 11.6 Å². The van der Waals surface area contributed by atoms with Crippen LogP contribution in [0, 0.1) is 6.92 Å². The molecule has 0 spiro atoms. The van der Waals surface area contributed by atoms with Crippen LogP contribution in [0.4, 0.5) is 24.7 Å². The van der Waals surface area contributed by atoms with Gasteiger partial charge in [0, 0.05) is 53.5 Å². The molecule has 0 bridgehead atoms. The van der Waals surface area contributed by atoms with E-state index in [1.165, 1.54) is 13.2 Å². The van der Waals surface area contributed by atoms with Crippen molar-refractivity contribution < 1.29 is 27.8 Å². The predicted molar refractivity (Wildman–Crippen MR) is 184 cm³/mol. The Morgan fingerprint density at radius 2 is 1.84 bits per heavy atom. The smallest absolute Gasteiger partial charge is 0.433 e. The lowest BCUT2D eigenvalue weighted by atomic mass is 9.96. The fourth-order valence-corrected chi connectivity index (χ4v) is 7.18. The number of aryl methyl sites for hydroxylation is 2. The van der Waals surface area contributed by atoms with Gasteiger partial charge in [0.15, 0.2) is 0 Å². The highest BCUT2D eigenvalue weighted by molar-refractivity contribution is 6.36. The summed E-state index contributed by atoms with van der Waals surface area (Å²) < 4.78 is 53.7. The van der Waals surface area contributed by atoms with Crippen LogP contribution in [0.5, 0.6) is 5.88 Å². The van der Waals surface area contributed by atoms with E-state index < -0.39 is 23.5 Å². The molecule has 1 aliphatic heterocycles. The number of aliphatic hydroxyl groups is 1. The fourth-order valence-electron chi connectivity index (χ4n) is 6.86. The van der Waals surface area contributed by atoms with Crippen molar-refractivity contribution in [1.29, 1.82) is 0 Å². The van der Waals surface area contributed by atoms with Gasteiger partial charge in [-0.25, -0.2) is 14.6 Å². The van der Waals surface area contributed by atoms with Crippen molar-refractivity contribution in [3.63, 3.8) is 0 Å². The number of anilines is 2. The van der Waals surface area contributed by atoms with E-state index in [9.17, 15) is 23.1 Å². The minimum Gasteiger partial charge on any atom is -0.481 e. The highest BCUT2D eigenvalue weighted by Gasteiger charge is 2.35. The average Bonchev–Trinajstić information content (AvgIpc) is 3.50. The number of hydrogen-bond acceptors (Lipinski definition) is 9. The summed E-state index contributed by atoms with van der Waals surface area (Å²) in [6.07, 6.45) is -1.79. The van der Waals surface area contributed by atoms with Gasteiger partial charge in [-0.3, -0.25) is 4.79 Å². The van der Waals surface area contributed by atoms with Gasteiger partial charge in [-0.1, -0.05) is 41.9 Å². The number of aromatic nitrogens is 4. The number of rotatable bonds is 7. The molecule has 14 heteroatoms. The summed E-state index contributed by atoms with van der Waals surface area (Å²) in [6, 6.07) is 13.7. The lowest BCUT2D eigenvalue weighted by molar-refractivity contribution is -0.141. The molecule has 2 aromatic carbocycles. The van der Waals surface area contributed by atoms with Gasteiger partial charge < -0.3 is 25.2 Å². The summed E-state index contributed by atoms with van der Waals surface area (Å²) in [6.45, 7) is 2.71. The van der Waals surface area contributed by atoms with Crippen LogP contribution in [-0.4, -0.2) is 57.3 Å². The second-order valence-electron chi connectivity index (χ2n) is 12.5. The van der Waals surface area contributed by atoms with Crippen molar-refractivity contribution in [2.75, 3.05) is 25.6 Å². The Balaban J connectivity index is 1.25. The number of nitrogens with zero attached hydrogens (tertiary/aromatic N) is 4. The van der Waals surface area contributed by atoms with E-state index in [-0.39, 0.29) is 28.7 Å². The number of aliphatic hydroxyl groups excluding tert-OH is 1. The minimum absolute atomic E-state index is 0.0154. The van der Waals surface area contributed by atoms with Gasteiger partial charge in [-0.15, -0.1) is 0 Å². The molecule has 3 N–H and O–H groups in total. The van der Waals surface area contributed by atoms with Crippen LogP contribution in [0.2, 0.25) is 5.02 Å². The first-order valence-electron chi connectivity index (χ1n) is 16.1. The first kappa shape index (κ1) is 33.9. The molecule has 3 aromatic heterocycles.